The number of carboxylic acid groups (broad SMARTS) is 1. The summed E-state index contributed by atoms with van der Waals surface area (Å²) in [6, 6.07) is 0. The summed E-state index contributed by atoms with van der Waals surface area (Å²) < 4.78 is 0. The molecule has 5 heteroatoms. The smallest absolute Gasteiger partial charge is 0.304 e. The molecule has 1 aliphatic rings. The summed E-state index contributed by atoms with van der Waals surface area (Å²) in [5.74, 6) is -0.765. The van der Waals surface area contributed by atoms with Crippen LogP contribution in [0.3, 0.4) is 0 Å². The van der Waals surface area contributed by atoms with Crippen molar-refractivity contribution in [3.05, 3.63) is 0 Å². The molecular weight excluding hydrogens is 182 g/mol. The molecule has 0 spiro atoms. The highest BCUT2D eigenvalue weighted by atomic mass is 35.5. The van der Waals surface area contributed by atoms with E-state index in [0.29, 0.717) is 6.54 Å². The van der Waals surface area contributed by atoms with Crippen molar-refractivity contribution in [3.63, 3.8) is 0 Å². The third-order valence-corrected chi connectivity index (χ3v) is 1.65. The maximum absolute atomic E-state index is 10.2. The van der Waals surface area contributed by atoms with Crippen molar-refractivity contribution in [2.75, 3.05) is 19.7 Å². The Labute approximate surface area is 77.9 Å². The lowest BCUT2D eigenvalue weighted by atomic mass is 10.3. The lowest BCUT2D eigenvalue weighted by molar-refractivity contribution is -0.183. The second kappa shape index (κ2) is 6.22. The van der Waals surface area contributed by atoms with Gasteiger partial charge in [-0.2, -0.15) is 5.06 Å². The van der Waals surface area contributed by atoms with Gasteiger partial charge in [-0.3, -0.25) is 9.63 Å². The van der Waals surface area contributed by atoms with Gasteiger partial charge in [-0.25, -0.2) is 0 Å². The van der Waals surface area contributed by atoms with E-state index in [1.807, 2.05) is 0 Å². The van der Waals surface area contributed by atoms with Crippen molar-refractivity contribution >= 4 is 18.4 Å². The van der Waals surface area contributed by atoms with Gasteiger partial charge in [0.25, 0.3) is 0 Å². The Morgan fingerprint density at radius 1 is 1.50 bits per heavy atom. The van der Waals surface area contributed by atoms with E-state index in [1.54, 1.807) is 5.06 Å². The van der Waals surface area contributed by atoms with Gasteiger partial charge in [-0.15, -0.1) is 12.4 Å². The Balaban J connectivity index is 0.00000121. The first kappa shape index (κ1) is 11.7. The van der Waals surface area contributed by atoms with Gasteiger partial charge in [0.05, 0.1) is 13.0 Å². The van der Waals surface area contributed by atoms with Crippen molar-refractivity contribution in [1.29, 1.82) is 0 Å². The van der Waals surface area contributed by atoms with E-state index in [-0.39, 0.29) is 18.8 Å². The molecule has 72 valence electrons. The Bertz CT molecular complexity index is 137. The predicted octanol–water partition coefficient (Wildman–Crippen LogP) is 0.910. The van der Waals surface area contributed by atoms with Crippen LogP contribution in [0.5, 0.6) is 0 Å². The highest BCUT2D eigenvalue weighted by Crippen LogP contribution is 2.05. The van der Waals surface area contributed by atoms with Crippen LogP contribution in [0.25, 0.3) is 0 Å². The third kappa shape index (κ3) is 4.54. The Morgan fingerprint density at radius 3 is 2.75 bits per heavy atom. The fourth-order valence-corrected chi connectivity index (χ4v) is 1.05. The van der Waals surface area contributed by atoms with E-state index in [1.165, 1.54) is 0 Å². The van der Waals surface area contributed by atoms with Crippen LogP contribution in [0.4, 0.5) is 0 Å². The highest BCUT2D eigenvalue weighted by molar-refractivity contribution is 5.85. The molecule has 0 aromatic heterocycles. The fourth-order valence-electron chi connectivity index (χ4n) is 1.05. The molecule has 1 N–H and O–H groups in total. The predicted molar refractivity (Wildman–Crippen MR) is 46.3 cm³/mol. The molecule has 1 saturated heterocycles. The third-order valence-electron chi connectivity index (χ3n) is 1.65. The van der Waals surface area contributed by atoms with E-state index in [9.17, 15) is 4.79 Å². The number of hydroxylamine groups is 2. The summed E-state index contributed by atoms with van der Waals surface area (Å²) in [7, 11) is 0. The number of hydrogen-bond acceptors (Lipinski definition) is 3. The Morgan fingerprint density at radius 2 is 2.25 bits per heavy atom. The van der Waals surface area contributed by atoms with Crippen molar-refractivity contribution < 1.29 is 14.7 Å². The molecule has 0 aliphatic carbocycles. The number of carbonyl (C=O) groups is 1. The minimum absolute atomic E-state index is 0. The van der Waals surface area contributed by atoms with Gasteiger partial charge in [0.15, 0.2) is 0 Å². The average molecular weight is 196 g/mol. The molecule has 1 rings (SSSR count). The first-order valence-corrected chi connectivity index (χ1v) is 3.88. The largest absolute Gasteiger partial charge is 0.481 e. The maximum Gasteiger partial charge on any atom is 0.304 e. The number of nitrogens with zero attached hydrogens (tertiary/aromatic N) is 1. The summed E-state index contributed by atoms with van der Waals surface area (Å²) in [5.41, 5.74) is 0. The lowest BCUT2D eigenvalue weighted by Crippen LogP contribution is -2.31. The zero-order chi connectivity index (χ0) is 8.10. The quantitative estimate of drug-likeness (QED) is 0.728. The molecule has 0 unspecified atom stereocenters. The van der Waals surface area contributed by atoms with Gasteiger partial charge in [-0.1, -0.05) is 0 Å². The number of aliphatic carboxylic acids is 1. The van der Waals surface area contributed by atoms with Crippen molar-refractivity contribution in [3.8, 4) is 0 Å². The molecule has 0 amide bonds. The van der Waals surface area contributed by atoms with E-state index in [4.69, 9.17) is 9.94 Å². The first-order chi connectivity index (χ1) is 5.29. The van der Waals surface area contributed by atoms with Crippen LogP contribution in [-0.4, -0.2) is 35.8 Å². The van der Waals surface area contributed by atoms with Crippen molar-refractivity contribution in [1.82, 2.24) is 5.06 Å². The minimum Gasteiger partial charge on any atom is -0.481 e. The van der Waals surface area contributed by atoms with E-state index in [2.05, 4.69) is 0 Å². The van der Waals surface area contributed by atoms with Crippen LogP contribution in [0, 0.1) is 0 Å². The molecule has 1 fully saturated rings. The number of carboxylic acids is 1. The molecular formula is C7H14ClNO3. The summed E-state index contributed by atoms with van der Waals surface area (Å²) in [6.07, 6.45) is 2.36. The second-order valence-corrected chi connectivity index (χ2v) is 2.61. The minimum atomic E-state index is -0.765. The summed E-state index contributed by atoms with van der Waals surface area (Å²) >= 11 is 0. The normalized spacial score (nSPS) is 18.3. The van der Waals surface area contributed by atoms with Gasteiger partial charge in [0.2, 0.25) is 0 Å². The molecule has 1 heterocycles. The lowest BCUT2D eigenvalue weighted by Gasteiger charge is -2.24. The van der Waals surface area contributed by atoms with Crippen LogP contribution < -0.4 is 0 Å². The molecule has 1 aliphatic heterocycles. The Hall–Kier alpha value is -0.320. The molecule has 0 atom stereocenters. The topological polar surface area (TPSA) is 49.8 Å². The monoisotopic (exact) mass is 195 g/mol. The fraction of sp³-hybridized carbons (Fsp3) is 0.857. The van der Waals surface area contributed by atoms with Gasteiger partial charge in [-0.05, 0) is 12.8 Å². The summed E-state index contributed by atoms with van der Waals surface area (Å²) in [5, 5.41) is 10.1. The second-order valence-electron chi connectivity index (χ2n) is 2.61. The van der Waals surface area contributed by atoms with Gasteiger partial charge in [0.1, 0.15) is 0 Å². The van der Waals surface area contributed by atoms with E-state index in [0.717, 1.165) is 26.0 Å². The molecule has 12 heavy (non-hydrogen) atoms. The summed E-state index contributed by atoms with van der Waals surface area (Å²) in [6.45, 7) is 2.11. The SMILES string of the molecule is Cl.O=C(O)CCN1CCCCO1. The van der Waals surface area contributed by atoms with Crippen LogP contribution in [0.1, 0.15) is 19.3 Å². The first-order valence-electron chi connectivity index (χ1n) is 3.88. The molecule has 0 saturated carbocycles. The number of hydrogen-bond donors (Lipinski definition) is 1. The number of rotatable bonds is 3. The Kier molecular flexibility index (Phi) is 6.06. The highest BCUT2D eigenvalue weighted by Gasteiger charge is 2.11. The van der Waals surface area contributed by atoms with Gasteiger partial charge < -0.3 is 5.11 Å². The van der Waals surface area contributed by atoms with E-state index >= 15 is 0 Å². The molecule has 0 radical (unpaired) electrons. The van der Waals surface area contributed by atoms with Crippen molar-refractivity contribution in [2.45, 2.75) is 19.3 Å². The molecule has 0 aromatic carbocycles. The van der Waals surface area contributed by atoms with Crippen LogP contribution in [-0.2, 0) is 9.63 Å². The zero-order valence-corrected chi connectivity index (χ0v) is 7.68. The standard InChI is InChI=1S/C7H13NO3.ClH/c9-7(10)3-5-8-4-1-2-6-11-8;/h1-6H2,(H,9,10);1H. The molecule has 0 aromatic rings. The zero-order valence-electron chi connectivity index (χ0n) is 6.86. The van der Waals surface area contributed by atoms with Gasteiger partial charge >= 0.3 is 5.97 Å². The van der Waals surface area contributed by atoms with Crippen LogP contribution in [0.15, 0.2) is 0 Å². The molecule has 4 nitrogen and oxygen atoms in total. The maximum atomic E-state index is 10.2. The van der Waals surface area contributed by atoms with Crippen molar-refractivity contribution in [2.24, 2.45) is 0 Å². The summed E-state index contributed by atoms with van der Waals surface area (Å²) in [4.78, 5) is 15.4. The average Bonchev–Trinajstić information content (AvgIpc) is 2.03. The van der Waals surface area contributed by atoms with Gasteiger partial charge in [0, 0.05) is 13.1 Å². The van der Waals surface area contributed by atoms with Crippen LogP contribution >= 0.6 is 12.4 Å². The molecule has 0 bridgehead atoms. The van der Waals surface area contributed by atoms with E-state index < -0.39 is 5.97 Å². The van der Waals surface area contributed by atoms with Crippen LogP contribution in [0.2, 0.25) is 0 Å². The number of halogens is 1.